The van der Waals surface area contributed by atoms with Crippen molar-refractivity contribution >= 4 is 5.91 Å². The van der Waals surface area contributed by atoms with E-state index in [4.69, 9.17) is 0 Å². The molecule has 1 fully saturated rings. The van der Waals surface area contributed by atoms with E-state index in [1.165, 1.54) is 24.8 Å². The maximum atomic E-state index is 12.4. The Bertz CT molecular complexity index is 495. The van der Waals surface area contributed by atoms with E-state index in [0.29, 0.717) is 19.1 Å². The third kappa shape index (κ3) is 5.60. The Morgan fingerprint density at radius 3 is 2.50 bits per heavy atom. The van der Waals surface area contributed by atoms with Crippen LogP contribution < -0.4 is 5.32 Å². The van der Waals surface area contributed by atoms with Gasteiger partial charge in [0.05, 0.1) is 19.2 Å². The Kier molecular flexibility index (Phi) is 7.73. The molecule has 1 aliphatic carbocycles. The van der Waals surface area contributed by atoms with E-state index in [0.717, 1.165) is 24.8 Å². The molecule has 0 spiro atoms. The van der Waals surface area contributed by atoms with Crippen molar-refractivity contribution in [2.24, 2.45) is 0 Å². The molecule has 2 N–H and O–H groups in total. The number of carbonyl (C=O) groups excluding carboxylic acids is 1. The van der Waals surface area contributed by atoms with Crippen LogP contribution in [0.2, 0.25) is 0 Å². The summed E-state index contributed by atoms with van der Waals surface area (Å²) in [5, 5.41) is 12.4. The van der Waals surface area contributed by atoms with Crippen LogP contribution in [-0.4, -0.2) is 41.7 Å². The standard InChI is InChI=1S/C20H32N2O2/c1-3-17-9-11-18(12-10-17)16(2)21-20(24)15-22(13-14-23)19-7-5-4-6-8-19/h9-12,16,19,23H,3-8,13-15H2,1-2H3,(H,21,24). The number of carbonyl (C=O) groups is 1. The average molecular weight is 332 g/mol. The Morgan fingerprint density at radius 1 is 1.25 bits per heavy atom. The number of nitrogens with one attached hydrogen (secondary N) is 1. The number of amides is 1. The molecule has 1 atom stereocenters. The lowest BCUT2D eigenvalue weighted by Gasteiger charge is -2.33. The number of hydrogen-bond donors (Lipinski definition) is 2. The van der Waals surface area contributed by atoms with Crippen LogP contribution in [0.4, 0.5) is 0 Å². The molecule has 1 saturated carbocycles. The normalized spacial score (nSPS) is 17.0. The largest absolute Gasteiger partial charge is 0.395 e. The minimum absolute atomic E-state index is 0.00531. The predicted molar refractivity (Wildman–Crippen MR) is 97.9 cm³/mol. The molecule has 1 unspecified atom stereocenters. The number of rotatable bonds is 8. The molecular weight excluding hydrogens is 300 g/mol. The minimum Gasteiger partial charge on any atom is -0.395 e. The summed E-state index contributed by atoms with van der Waals surface area (Å²) in [5.74, 6) is 0.0427. The molecule has 1 aliphatic rings. The maximum Gasteiger partial charge on any atom is 0.234 e. The summed E-state index contributed by atoms with van der Waals surface area (Å²) < 4.78 is 0. The van der Waals surface area contributed by atoms with E-state index in [-0.39, 0.29) is 18.6 Å². The molecule has 134 valence electrons. The molecule has 1 aromatic carbocycles. The van der Waals surface area contributed by atoms with Crippen molar-refractivity contribution in [2.75, 3.05) is 19.7 Å². The number of nitrogens with zero attached hydrogens (tertiary/aromatic N) is 1. The van der Waals surface area contributed by atoms with Crippen molar-refractivity contribution in [3.8, 4) is 0 Å². The van der Waals surface area contributed by atoms with E-state index in [1.807, 2.05) is 6.92 Å². The van der Waals surface area contributed by atoms with Crippen molar-refractivity contribution in [3.05, 3.63) is 35.4 Å². The summed E-state index contributed by atoms with van der Waals surface area (Å²) in [4.78, 5) is 14.6. The van der Waals surface area contributed by atoms with Gasteiger partial charge in [0.25, 0.3) is 0 Å². The molecule has 1 aromatic rings. The second kappa shape index (κ2) is 9.80. The smallest absolute Gasteiger partial charge is 0.234 e. The molecule has 0 radical (unpaired) electrons. The van der Waals surface area contributed by atoms with Gasteiger partial charge in [-0.3, -0.25) is 9.69 Å². The molecule has 4 nitrogen and oxygen atoms in total. The highest BCUT2D eigenvalue weighted by Crippen LogP contribution is 2.22. The zero-order valence-electron chi connectivity index (χ0n) is 15.1. The summed E-state index contributed by atoms with van der Waals surface area (Å²) in [6.45, 7) is 5.23. The van der Waals surface area contributed by atoms with Gasteiger partial charge in [0.15, 0.2) is 0 Å². The number of benzene rings is 1. The molecule has 0 saturated heterocycles. The van der Waals surface area contributed by atoms with Crippen molar-refractivity contribution in [1.29, 1.82) is 0 Å². The second-order valence-electron chi connectivity index (χ2n) is 6.87. The molecule has 0 bridgehead atoms. The van der Waals surface area contributed by atoms with Gasteiger partial charge < -0.3 is 10.4 Å². The van der Waals surface area contributed by atoms with Crippen LogP contribution in [-0.2, 0) is 11.2 Å². The lowest BCUT2D eigenvalue weighted by atomic mass is 9.94. The first-order chi connectivity index (χ1) is 11.6. The molecule has 0 heterocycles. The molecule has 4 heteroatoms. The van der Waals surface area contributed by atoms with Gasteiger partial charge in [-0.2, -0.15) is 0 Å². The molecule has 2 rings (SSSR count). The zero-order chi connectivity index (χ0) is 17.4. The first-order valence-corrected chi connectivity index (χ1v) is 9.37. The van der Waals surface area contributed by atoms with Crippen molar-refractivity contribution in [2.45, 2.75) is 64.5 Å². The molecule has 0 aliphatic heterocycles. The Balaban J connectivity index is 1.88. The van der Waals surface area contributed by atoms with Crippen LogP contribution in [0, 0.1) is 0 Å². The Labute approximate surface area is 146 Å². The summed E-state index contributed by atoms with van der Waals surface area (Å²) in [6, 6.07) is 8.88. The quantitative estimate of drug-likeness (QED) is 0.769. The highest BCUT2D eigenvalue weighted by atomic mass is 16.3. The van der Waals surface area contributed by atoms with Crippen LogP contribution in [0.1, 0.15) is 63.1 Å². The predicted octanol–water partition coefficient (Wildman–Crippen LogP) is 3.05. The summed E-state index contributed by atoms with van der Waals surface area (Å²) in [5.41, 5.74) is 2.44. The summed E-state index contributed by atoms with van der Waals surface area (Å²) >= 11 is 0. The van der Waals surface area contributed by atoms with E-state index in [1.54, 1.807) is 0 Å². The number of aliphatic hydroxyl groups excluding tert-OH is 1. The van der Waals surface area contributed by atoms with Gasteiger partial charge in [-0.05, 0) is 37.3 Å². The number of aryl methyl sites for hydroxylation is 1. The molecule has 0 aromatic heterocycles. The van der Waals surface area contributed by atoms with Crippen molar-refractivity contribution < 1.29 is 9.90 Å². The topological polar surface area (TPSA) is 52.6 Å². The second-order valence-corrected chi connectivity index (χ2v) is 6.87. The van der Waals surface area contributed by atoms with Crippen LogP contribution in [0.25, 0.3) is 0 Å². The van der Waals surface area contributed by atoms with Crippen LogP contribution >= 0.6 is 0 Å². The van der Waals surface area contributed by atoms with Gasteiger partial charge in [-0.25, -0.2) is 0 Å². The third-order valence-corrected chi connectivity index (χ3v) is 5.09. The monoisotopic (exact) mass is 332 g/mol. The van der Waals surface area contributed by atoms with Gasteiger partial charge in [-0.15, -0.1) is 0 Å². The minimum atomic E-state index is 0.00531. The van der Waals surface area contributed by atoms with Crippen LogP contribution in [0.15, 0.2) is 24.3 Å². The van der Waals surface area contributed by atoms with Crippen molar-refractivity contribution in [3.63, 3.8) is 0 Å². The number of aliphatic hydroxyl groups is 1. The zero-order valence-corrected chi connectivity index (χ0v) is 15.1. The Hall–Kier alpha value is -1.39. The molecule has 24 heavy (non-hydrogen) atoms. The first kappa shape index (κ1) is 18.9. The summed E-state index contributed by atoms with van der Waals surface area (Å²) in [7, 11) is 0. The fourth-order valence-corrected chi connectivity index (χ4v) is 3.56. The van der Waals surface area contributed by atoms with Gasteiger partial charge in [0.1, 0.15) is 0 Å². The van der Waals surface area contributed by atoms with Crippen LogP contribution in [0.5, 0.6) is 0 Å². The average Bonchev–Trinajstić information content (AvgIpc) is 2.62. The van der Waals surface area contributed by atoms with E-state index in [9.17, 15) is 9.90 Å². The van der Waals surface area contributed by atoms with Gasteiger partial charge >= 0.3 is 0 Å². The van der Waals surface area contributed by atoms with E-state index in [2.05, 4.69) is 41.4 Å². The lowest BCUT2D eigenvalue weighted by molar-refractivity contribution is -0.123. The van der Waals surface area contributed by atoms with Gasteiger partial charge in [0.2, 0.25) is 5.91 Å². The highest BCUT2D eigenvalue weighted by molar-refractivity contribution is 5.78. The SMILES string of the molecule is CCc1ccc(C(C)NC(=O)CN(CCO)C2CCCCC2)cc1. The Morgan fingerprint density at radius 2 is 1.92 bits per heavy atom. The van der Waals surface area contributed by atoms with Gasteiger partial charge in [0, 0.05) is 12.6 Å². The van der Waals surface area contributed by atoms with Crippen molar-refractivity contribution in [1.82, 2.24) is 10.2 Å². The molecule has 1 amide bonds. The fourth-order valence-electron chi connectivity index (χ4n) is 3.56. The van der Waals surface area contributed by atoms with E-state index < -0.39 is 0 Å². The fraction of sp³-hybridized carbons (Fsp3) is 0.650. The lowest BCUT2D eigenvalue weighted by Crippen LogP contribution is -2.45. The number of hydrogen-bond acceptors (Lipinski definition) is 3. The van der Waals surface area contributed by atoms with E-state index >= 15 is 0 Å². The van der Waals surface area contributed by atoms with Crippen LogP contribution in [0.3, 0.4) is 0 Å². The molecular formula is C20H32N2O2. The summed E-state index contributed by atoms with van der Waals surface area (Å²) in [6.07, 6.45) is 7.06. The highest BCUT2D eigenvalue weighted by Gasteiger charge is 2.23. The first-order valence-electron chi connectivity index (χ1n) is 9.37. The van der Waals surface area contributed by atoms with Gasteiger partial charge in [-0.1, -0.05) is 50.5 Å². The third-order valence-electron chi connectivity index (χ3n) is 5.09. The maximum absolute atomic E-state index is 12.4.